The molecule has 1 saturated heterocycles. The fraction of sp³-hybridized carbons (Fsp3) is 0.375. The van der Waals surface area contributed by atoms with Crippen LogP contribution in [0.15, 0.2) is 59.1 Å². The van der Waals surface area contributed by atoms with Gasteiger partial charge in [-0.1, -0.05) is 58.4 Å². The van der Waals surface area contributed by atoms with Crippen LogP contribution >= 0.6 is 15.9 Å². The number of likely N-dealkylation sites (tertiary alicyclic amines) is 1. The Morgan fingerprint density at radius 2 is 1.68 bits per heavy atom. The lowest BCUT2D eigenvalue weighted by atomic mass is 9.96. The van der Waals surface area contributed by atoms with E-state index < -0.39 is 35.5 Å². The molecule has 0 aliphatic carbocycles. The molecule has 1 heterocycles. The van der Waals surface area contributed by atoms with E-state index >= 15 is 0 Å². The maximum atomic E-state index is 13.1. The van der Waals surface area contributed by atoms with E-state index in [1.807, 2.05) is 54.6 Å². The van der Waals surface area contributed by atoms with Crippen LogP contribution in [-0.4, -0.2) is 34.5 Å². The lowest BCUT2D eigenvalue weighted by Gasteiger charge is -2.26. The van der Waals surface area contributed by atoms with Gasteiger partial charge < -0.3 is 9.47 Å². The monoisotopic (exact) mass is 487 g/mol. The largest absolute Gasteiger partial charge is 0.459 e. The predicted molar refractivity (Wildman–Crippen MR) is 119 cm³/mol. The average Bonchev–Trinajstić information content (AvgIpc) is 3.04. The number of hydrogen-bond acceptors (Lipinski definition) is 5. The van der Waals surface area contributed by atoms with Gasteiger partial charge in [-0.25, -0.2) is 14.5 Å². The Kier molecular flexibility index (Phi) is 7.15. The number of amides is 2. The molecule has 2 aromatic rings. The van der Waals surface area contributed by atoms with E-state index in [0.29, 0.717) is 6.42 Å². The van der Waals surface area contributed by atoms with Crippen LogP contribution in [0.1, 0.15) is 38.3 Å². The van der Waals surface area contributed by atoms with Crippen LogP contribution in [-0.2, 0) is 32.1 Å². The summed E-state index contributed by atoms with van der Waals surface area (Å²) in [4.78, 5) is 39.7. The normalized spacial score (nSPS) is 18.7. The molecule has 7 heteroatoms. The molecule has 0 spiro atoms. The quantitative estimate of drug-likeness (QED) is 0.561. The zero-order valence-corrected chi connectivity index (χ0v) is 19.4. The fourth-order valence-corrected chi connectivity index (χ4v) is 3.72. The molecular weight excluding hydrogens is 462 g/mol. The second kappa shape index (κ2) is 9.64. The second-order valence-corrected chi connectivity index (χ2v) is 9.48. The highest BCUT2D eigenvalue weighted by Gasteiger charge is 2.48. The molecule has 0 radical (unpaired) electrons. The summed E-state index contributed by atoms with van der Waals surface area (Å²) in [6, 6.07) is 15.9. The van der Waals surface area contributed by atoms with Gasteiger partial charge in [0.2, 0.25) is 5.91 Å². The molecule has 164 valence electrons. The van der Waals surface area contributed by atoms with Crippen molar-refractivity contribution in [1.82, 2.24) is 4.90 Å². The number of carbonyl (C=O) groups excluding carboxylic acids is 3. The van der Waals surface area contributed by atoms with Crippen molar-refractivity contribution in [3.05, 3.63) is 70.2 Å². The summed E-state index contributed by atoms with van der Waals surface area (Å²) in [7, 11) is 0. The maximum Gasteiger partial charge on any atom is 0.417 e. The Labute approximate surface area is 190 Å². The van der Waals surface area contributed by atoms with E-state index in [-0.39, 0.29) is 13.0 Å². The number of hydrogen-bond donors (Lipinski definition) is 0. The Hall–Kier alpha value is -2.67. The predicted octanol–water partition coefficient (Wildman–Crippen LogP) is 4.89. The summed E-state index contributed by atoms with van der Waals surface area (Å²) in [5.41, 5.74) is 0.985. The third kappa shape index (κ3) is 6.17. The van der Waals surface area contributed by atoms with Crippen LogP contribution in [0.25, 0.3) is 0 Å². The standard InChI is InChI=1S/C24H26BrNO5/c1-24(2,3)31-23(29)26-20(22(28)30-15-17-7-5-4-6-8-17)14-18(21(26)27)13-16-9-11-19(25)12-10-16/h4-12,18,20H,13-15H2,1-3H3. The molecule has 1 aliphatic heterocycles. The van der Waals surface area contributed by atoms with Gasteiger partial charge in [-0.3, -0.25) is 4.79 Å². The lowest BCUT2D eigenvalue weighted by molar-refractivity contribution is -0.152. The van der Waals surface area contributed by atoms with Crippen molar-refractivity contribution in [3.8, 4) is 0 Å². The van der Waals surface area contributed by atoms with E-state index in [4.69, 9.17) is 9.47 Å². The van der Waals surface area contributed by atoms with Gasteiger partial charge in [-0.2, -0.15) is 0 Å². The highest BCUT2D eigenvalue weighted by molar-refractivity contribution is 9.10. The molecule has 1 fully saturated rings. The zero-order chi connectivity index (χ0) is 22.6. The van der Waals surface area contributed by atoms with Gasteiger partial charge >= 0.3 is 12.1 Å². The first-order valence-electron chi connectivity index (χ1n) is 10.1. The van der Waals surface area contributed by atoms with Crippen LogP contribution < -0.4 is 0 Å². The molecule has 0 saturated carbocycles. The van der Waals surface area contributed by atoms with Crippen molar-refractivity contribution >= 4 is 33.9 Å². The van der Waals surface area contributed by atoms with Crippen molar-refractivity contribution in [3.63, 3.8) is 0 Å². The number of esters is 1. The highest BCUT2D eigenvalue weighted by atomic mass is 79.9. The van der Waals surface area contributed by atoms with Crippen molar-refractivity contribution < 1.29 is 23.9 Å². The highest BCUT2D eigenvalue weighted by Crippen LogP contribution is 2.31. The van der Waals surface area contributed by atoms with E-state index in [2.05, 4.69) is 15.9 Å². The third-order valence-electron chi connectivity index (χ3n) is 4.89. The zero-order valence-electron chi connectivity index (χ0n) is 17.8. The summed E-state index contributed by atoms with van der Waals surface area (Å²) in [5.74, 6) is -1.54. The van der Waals surface area contributed by atoms with E-state index in [9.17, 15) is 14.4 Å². The van der Waals surface area contributed by atoms with Gasteiger partial charge in [0.25, 0.3) is 0 Å². The molecule has 2 aromatic carbocycles. The van der Waals surface area contributed by atoms with Crippen molar-refractivity contribution in [2.75, 3.05) is 0 Å². The first-order valence-corrected chi connectivity index (χ1v) is 10.9. The summed E-state index contributed by atoms with van der Waals surface area (Å²) in [6.07, 6.45) is -0.201. The number of nitrogens with zero attached hydrogens (tertiary/aromatic N) is 1. The van der Waals surface area contributed by atoms with Crippen LogP contribution in [0.4, 0.5) is 4.79 Å². The van der Waals surface area contributed by atoms with Gasteiger partial charge in [-0.05, 0) is 56.9 Å². The molecule has 0 aromatic heterocycles. The minimum absolute atomic E-state index is 0.0733. The number of halogens is 1. The van der Waals surface area contributed by atoms with Gasteiger partial charge in [0.1, 0.15) is 18.2 Å². The smallest absolute Gasteiger partial charge is 0.417 e. The van der Waals surface area contributed by atoms with E-state index in [1.165, 1.54) is 0 Å². The number of benzene rings is 2. The van der Waals surface area contributed by atoms with E-state index in [0.717, 1.165) is 20.5 Å². The first-order chi connectivity index (χ1) is 14.6. The molecule has 2 atom stereocenters. The number of imide groups is 1. The van der Waals surface area contributed by atoms with Crippen LogP contribution in [0, 0.1) is 5.92 Å². The molecular formula is C24H26BrNO5. The summed E-state index contributed by atoms with van der Waals surface area (Å²) in [6.45, 7) is 5.22. The topological polar surface area (TPSA) is 72.9 Å². The summed E-state index contributed by atoms with van der Waals surface area (Å²) < 4.78 is 11.8. The summed E-state index contributed by atoms with van der Waals surface area (Å²) in [5, 5.41) is 0. The lowest BCUT2D eigenvalue weighted by Crippen LogP contribution is -2.46. The molecule has 31 heavy (non-hydrogen) atoms. The second-order valence-electron chi connectivity index (χ2n) is 8.56. The van der Waals surface area contributed by atoms with Crippen LogP contribution in [0.3, 0.4) is 0 Å². The van der Waals surface area contributed by atoms with Crippen molar-refractivity contribution in [2.24, 2.45) is 5.92 Å². The first kappa shape index (κ1) is 23.0. The van der Waals surface area contributed by atoms with Gasteiger partial charge in [0.15, 0.2) is 0 Å². The SMILES string of the molecule is CC(C)(C)OC(=O)N1C(=O)C(Cc2ccc(Br)cc2)CC1C(=O)OCc1ccccc1. The molecule has 2 amide bonds. The van der Waals surface area contributed by atoms with Gasteiger partial charge in [0.05, 0.1) is 0 Å². The van der Waals surface area contributed by atoms with Gasteiger partial charge in [0, 0.05) is 10.4 Å². The number of rotatable bonds is 5. The minimum Gasteiger partial charge on any atom is -0.459 e. The van der Waals surface area contributed by atoms with Crippen molar-refractivity contribution in [2.45, 2.75) is 51.9 Å². The Morgan fingerprint density at radius 1 is 1.03 bits per heavy atom. The van der Waals surface area contributed by atoms with Crippen LogP contribution in [0.5, 0.6) is 0 Å². The Morgan fingerprint density at radius 3 is 2.29 bits per heavy atom. The summed E-state index contributed by atoms with van der Waals surface area (Å²) >= 11 is 3.39. The molecule has 1 aliphatic rings. The average molecular weight is 488 g/mol. The molecule has 2 unspecified atom stereocenters. The minimum atomic E-state index is -1.01. The molecule has 6 nitrogen and oxygen atoms in total. The molecule has 0 bridgehead atoms. The Bertz CT molecular complexity index is 937. The van der Waals surface area contributed by atoms with Gasteiger partial charge in [-0.15, -0.1) is 0 Å². The fourth-order valence-electron chi connectivity index (χ4n) is 3.46. The van der Waals surface area contributed by atoms with Crippen molar-refractivity contribution in [1.29, 1.82) is 0 Å². The van der Waals surface area contributed by atoms with Crippen LogP contribution in [0.2, 0.25) is 0 Å². The van der Waals surface area contributed by atoms with E-state index in [1.54, 1.807) is 20.8 Å². The molecule has 3 rings (SSSR count). The third-order valence-corrected chi connectivity index (χ3v) is 5.42. The molecule has 0 N–H and O–H groups in total. The number of ether oxygens (including phenoxy) is 2. The number of carbonyl (C=O) groups is 3. The Balaban J connectivity index is 1.77. The maximum absolute atomic E-state index is 13.1.